The van der Waals surface area contributed by atoms with Gasteiger partial charge in [0.25, 0.3) is 0 Å². The van der Waals surface area contributed by atoms with E-state index in [1.165, 1.54) is 5.56 Å². The summed E-state index contributed by atoms with van der Waals surface area (Å²) < 4.78 is 10.6. The second-order valence-corrected chi connectivity index (χ2v) is 8.23. The predicted octanol–water partition coefficient (Wildman–Crippen LogP) is 2.61. The summed E-state index contributed by atoms with van der Waals surface area (Å²) in [6.45, 7) is 5.18. The zero-order valence-corrected chi connectivity index (χ0v) is 19.1. The Bertz CT molecular complexity index is 998. The highest BCUT2D eigenvalue weighted by Gasteiger charge is 2.21. The first-order valence-corrected chi connectivity index (χ1v) is 11.4. The van der Waals surface area contributed by atoms with Crippen LogP contribution in [-0.2, 0) is 17.8 Å². The SMILES string of the molecule is COc1ccc(-c2noc(CN3CCN(CC(=O)NCCCc4ccccc4)CC3)n2)cc1. The van der Waals surface area contributed by atoms with E-state index in [0.717, 1.165) is 50.3 Å². The number of carbonyl (C=O) groups excluding carboxylic acids is 1. The highest BCUT2D eigenvalue weighted by atomic mass is 16.5. The van der Waals surface area contributed by atoms with Gasteiger partial charge in [0, 0.05) is 38.3 Å². The molecule has 2 heterocycles. The number of ether oxygens (including phenoxy) is 1. The van der Waals surface area contributed by atoms with Crippen LogP contribution in [0.5, 0.6) is 5.75 Å². The lowest BCUT2D eigenvalue weighted by molar-refractivity contribution is -0.122. The summed E-state index contributed by atoms with van der Waals surface area (Å²) in [5, 5.41) is 7.14. The topological polar surface area (TPSA) is 83.7 Å². The van der Waals surface area contributed by atoms with Crippen molar-refractivity contribution in [3.63, 3.8) is 0 Å². The molecule has 0 spiro atoms. The molecule has 1 fully saturated rings. The van der Waals surface area contributed by atoms with Crippen LogP contribution in [0.25, 0.3) is 11.4 Å². The third-order valence-corrected chi connectivity index (χ3v) is 5.81. The van der Waals surface area contributed by atoms with Crippen LogP contribution in [0.3, 0.4) is 0 Å². The van der Waals surface area contributed by atoms with Gasteiger partial charge in [0.2, 0.25) is 17.6 Å². The molecule has 4 rings (SSSR count). The number of hydrogen-bond donors (Lipinski definition) is 1. The number of carbonyl (C=O) groups is 1. The summed E-state index contributed by atoms with van der Waals surface area (Å²) in [5.41, 5.74) is 2.20. The van der Waals surface area contributed by atoms with Gasteiger partial charge in [0.15, 0.2) is 0 Å². The molecule has 33 heavy (non-hydrogen) atoms. The number of piperazine rings is 1. The van der Waals surface area contributed by atoms with E-state index in [1.807, 2.05) is 42.5 Å². The number of amides is 1. The highest BCUT2D eigenvalue weighted by molar-refractivity contribution is 5.78. The summed E-state index contributed by atoms with van der Waals surface area (Å²) >= 11 is 0. The van der Waals surface area contributed by atoms with Gasteiger partial charge in [-0.1, -0.05) is 35.5 Å². The van der Waals surface area contributed by atoms with Crippen molar-refractivity contribution in [2.45, 2.75) is 19.4 Å². The van der Waals surface area contributed by atoms with Crippen molar-refractivity contribution in [1.82, 2.24) is 25.3 Å². The van der Waals surface area contributed by atoms with Crippen LogP contribution in [0.4, 0.5) is 0 Å². The Balaban J connectivity index is 1.14. The Morgan fingerprint density at radius 3 is 2.48 bits per heavy atom. The summed E-state index contributed by atoms with van der Waals surface area (Å²) in [5.74, 6) is 2.07. The monoisotopic (exact) mass is 449 g/mol. The lowest BCUT2D eigenvalue weighted by atomic mass is 10.1. The normalized spacial score (nSPS) is 14.8. The third-order valence-electron chi connectivity index (χ3n) is 5.81. The molecule has 0 aliphatic carbocycles. The van der Waals surface area contributed by atoms with Gasteiger partial charge in [-0.15, -0.1) is 0 Å². The van der Waals surface area contributed by atoms with E-state index < -0.39 is 0 Å². The lowest BCUT2D eigenvalue weighted by Gasteiger charge is -2.33. The Hall–Kier alpha value is -3.23. The van der Waals surface area contributed by atoms with Crippen LogP contribution >= 0.6 is 0 Å². The van der Waals surface area contributed by atoms with E-state index in [4.69, 9.17) is 9.26 Å². The van der Waals surface area contributed by atoms with Gasteiger partial charge in [-0.25, -0.2) is 0 Å². The maximum Gasteiger partial charge on any atom is 0.241 e. The number of nitrogens with zero attached hydrogens (tertiary/aromatic N) is 4. The fourth-order valence-electron chi connectivity index (χ4n) is 3.90. The number of benzene rings is 2. The Kier molecular flexibility index (Phi) is 8.05. The molecule has 0 unspecified atom stereocenters. The molecule has 1 amide bonds. The van der Waals surface area contributed by atoms with Crippen molar-refractivity contribution in [3.05, 3.63) is 66.1 Å². The molecule has 1 N–H and O–H groups in total. The van der Waals surface area contributed by atoms with Gasteiger partial charge in [-0.3, -0.25) is 14.6 Å². The van der Waals surface area contributed by atoms with Crippen molar-refractivity contribution in [2.24, 2.45) is 0 Å². The minimum Gasteiger partial charge on any atom is -0.497 e. The Morgan fingerprint density at radius 1 is 1.03 bits per heavy atom. The molecule has 8 heteroatoms. The zero-order valence-electron chi connectivity index (χ0n) is 19.1. The van der Waals surface area contributed by atoms with E-state index in [-0.39, 0.29) is 5.91 Å². The summed E-state index contributed by atoms with van der Waals surface area (Å²) in [6.07, 6.45) is 1.93. The average Bonchev–Trinajstić information content (AvgIpc) is 3.32. The molecular weight excluding hydrogens is 418 g/mol. The molecule has 1 saturated heterocycles. The van der Waals surface area contributed by atoms with Crippen LogP contribution in [0.2, 0.25) is 0 Å². The summed E-state index contributed by atoms with van der Waals surface area (Å²) in [4.78, 5) is 21.3. The second-order valence-electron chi connectivity index (χ2n) is 8.23. The van der Waals surface area contributed by atoms with Crippen molar-refractivity contribution in [1.29, 1.82) is 0 Å². The Labute approximate surface area is 194 Å². The molecule has 1 aromatic heterocycles. The molecule has 0 bridgehead atoms. The smallest absolute Gasteiger partial charge is 0.241 e. The van der Waals surface area contributed by atoms with Gasteiger partial charge >= 0.3 is 0 Å². The van der Waals surface area contributed by atoms with E-state index >= 15 is 0 Å². The minimum absolute atomic E-state index is 0.0950. The van der Waals surface area contributed by atoms with Crippen LogP contribution in [0, 0.1) is 0 Å². The molecule has 1 aliphatic heterocycles. The maximum absolute atomic E-state index is 12.3. The van der Waals surface area contributed by atoms with E-state index in [9.17, 15) is 4.79 Å². The molecule has 174 valence electrons. The van der Waals surface area contributed by atoms with Crippen LogP contribution in [-0.4, -0.2) is 72.2 Å². The molecule has 1 aliphatic rings. The fourth-order valence-corrected chi connectivity index (χ4v) is 3.90. The largest absolute Gasteiger partial charge is 0.497 e. The quantitative estimate of drug-likeness (QED) is 0.476. The number of methoxy groups -OCH3 is 1. The predicted molar refractivity (Wildman–Crippen MR) is 126 cm³/mol. The first-order valence-electron chi connectivity index (χ1n) is 11.4. The molecule has 0 atom stereocenters. The van der Waals surface area contributed by atoms with E-state index in [0.29, 0.717) is 31.3 Å². The number of rotatable bonds is 10. The van der Waals surface area contributed by atoms with E-state index in [2.05, 4.69) is 37.4 Å². The molecule has 0 radical (unpaired) electrons. The number of hydrogen-bond acceptors (Lipinski definition) is 7. The first-order chi connectivity index (χ1) is 16.2. The van der Waals surface area contributed by atoms with Crippen molar-refractivity contribution < 1.29 is 14.1 Å². The van der Waals surface area contributed by atoms with Crippen molar-refractivity contribution in [3.8, 4) is 17.1 Å². The maximum atomic E-state index is 12.3. The van der Waals surface area contributed by atoms with Gasteiger partial charge in [0.1, 0.15) is 5.75 Å². The van der Waals surface area contributed by atoms with Crippen LogP contribution < -0.4 is 10.1 Å². The molecule has 2 aromatic carbocycles. The standard InChI is InChI=1S/C25H31N5O3/c1-32-22-11-9-21(10-12-22)25-27-24(33-28-25)19-30-16-14-29(15-17-30)18-23(31)26-13-5-8-20-6-3-2-4-7-20/h2-4,6-7,9-12H,5,8,13-19H2,1H3,(H,26,31). The molecule has 0 saturated carbocycles. The highest BCUT2D eigenvalue weighted by Crippen LogP contribution is 2.20. The van der Waals surface area contributed by atoms with Crippen LogP contribution in [0.15, 0.2) is 59.1 Å². The van der Waals surface area contributed by atoms with Gasteiger partial charge in [-0.05, 0) is 42.7 Å². The van der Waals surface area contributed by atoms with Crippen LogP contribution in [0.1, 0.15) is 17.9 Å². The summed E-state index contributed by atoms with van der Waals surface area (Å²) in [7, 11) is 1.64. The average molecular weight is 450 g/mol. The van der Waals surface area contributed by atoms with Gasteiger partial charge < -0.3 is 14.6 Å². The number of aromatic nitrogens is 2. The number of nitrogens with one attached hydrogen (secondary N) is 1. The molecule has 8 nitrogen and oxygen atoms in total. The minimum atomic E-state index is 0.0950. The lowest BCUT2D eigenvalue weighted by Crippen LogP contribution is -2.49. The molecular formula is C25H31N5O3. The van der Waals surface area contributed by atoms with Gasteiger partial charge in [0.05, 0.1) is 20.2 Å². The molecule has 3 aromatic rings. The fraction of sp³-hybridized carbons (Fsp3) is 0.400. The first kappa shape index (κ1) is 22.9. The van der Waals surface area contributed by atoms with E-state index in [1.54, 1.807) is 7.11 Å². The van der Waals surface area contributed by atoms with Crippen molar-refractivity contribution >= 4 is 5.91 Å². The summed E-state index contributed by atoms with van der Waals surface area (Å²) in [6, 6.07) is 17.9. The zero-order chi connectivity index (χ0) is 22.9. The number of aryl methyl sites for hydroxylation is 1. The third kappa shape index (κ3) is 6.87. The second kappa shape index (κ2) is 11.6. The Morgan fingerprint density at radius 2 is 1.76 bits per heavy atom. The van der Waals surface area contributed by atoms with Gasteiger partial charge in [-0.2, -0.15) is 4.98 Å². The van der Waals surface area contributed by atoms with Crippen molar-refractivity contribution in [2.75, 3.05) is 46.4 Å².